The molecule has 1 atom stereocenters. The number of rotatable bonds is 7. The lowest BCUT2D eigenvalue weighted by Crippen LogP contribution is -2.44. The molecule has 3 aromatic rings. The lowest BCUT2D eigenvalue weighted by molar-refractivity contribution is -0.139. The van der Waals surface area contributed by atoms with Crippen molar-refractivity contribution in [2.45, 2.75) is 12.6 Å². The van der Waals surface area contributed by atoms with E-state index in [1.807, 2.05) is 17.5 Å². The maximum atomic E-state index is 13.2. The maximum Gasteiger partial charge on any atom is 0.309 e. The molecule has 0 bridgehead atoms. The molecular weight excluding hydrogens is 397 g/mol. The van der Waals surface area contributed by atoms with Gasteiger partial charge in [-0.25, -0.2) is 4.39 Å². The summed E-state index contributed by atoms with van der Waals surface area (Å²) in [5.74, 6) is -2.16. The Labute approximate surface area is 169 Å². The van der Waals surface area contributed by atoms with Crippen LogP contribution in [-0.2, 0) is 20.9 Å². The van der Waals surface area contributed by atoms with Gasteiger partial charge in [0.25, 0.3) is 0 Å². The summed E-state index contributed by atoms with van der Waals surface area (Å²) in [5.41, 5.74) is 0.699. The van der Waals surface area contributed by atoms with Crippen LogP contribution in [0.1, 0.15) is 22.2 Å². The van der Waals surface area contributed by atoms with E-state index in [-0.39, 0.29) is 18.9 Å². The van der Waals surface area contributed by atoms with Crippen LogP contribution in [0.2, 0.25) is 0 Å². The summed E-state index contributed by atoms with van der Waals surface area (Å²) in [5, 5.41) is 9.32. The summed E-state index contributed by atoms with van der Waals surface area (Å²) in [6.45, 7) is -0.313. The topological polar surface area (TPSA) is 100 Å². The van der Waals surface area contributed by atoms with Crippen LogP contribution in [0, 0.1) is 5.82 Å². The number of amides is 3. The van der Waals surface area contributed by atoms with Crippen LogP contribution in [0.5, 0.6) is 0 Å². The summed E-state index contributed by atoms with van der Waals surface area (Å²) in [7, 11) is 0. The molecule has 0 spiro atoms. The molecule has 7 nitrogen and oxygen atoms in total. The summed E-state index contributed by atoms with van der Waals surface area (Å²) in [4.78, 5) is 36.8. The second kappa shape index (κ2) is 9.65. The van der Waals surface area contributed by atoms with Crippen LogP contribution in [0.3, 0.4) is 0 Å². The van der Waals surface area contributed by atoms with E-state index in [2.05, 4.69) is 16.0 Å². The van der Waals surface area contributed by atoms with Gasteiger partial charge in [0.2, 0.25) is 5.91 Å². The second-order valence-corrected chi connectivity index (χ2v) is 6.99. The Morgan fingerprint density at radius 3 is 2.41 bits per heavy atom. The summed E-state index contributed by atoms with van der Waals surface area (Å²) < 4.78 is 18.3. The quantitative estimate of drug-likeness (QED) is 0.515. The minimum atomic E-state index is -0.929. The van der Waals surface area contributed by atoms with E-state index in [9.17, 15) is 18.8 Å². The highest BCUT2D eigenvalue weighted by Crippen LogP contribution is 2.26. The van der Waals surface area contributed by atoms with Crippen molar-refractivity contribution in [2.24, 2.45) is 0 Å². The molecule has 0 radical (unpaired) electrons. The minimum absolute atomic E-state index is 0.0659. The van der Waals surface area contributed by atoms with E-state index in [1.54, 1.807) is 24.3 Å². The Hall–Kier alpha value is -3.46. The predicted octanol–water partition coefficient (Wildman–Crippen LogP) is 2.12. The number of halogens is 1. The average Bonchev–Trinajstić information content (AvgIpc) is 3.43. The number of carbonyl (C=O) groups excluding carboxylic acids is 3. The van der Waals surface area contributed by atoms with Crippen molar-refractivity contribution in [1.29, 1.82) is 0 Å². The van der Waals surface area contributed by atoms with E-state index < -0.39 is 23.8 Å². The molecule has 0 aliphatic rings. The summed E-state index contributed by atoms with van der Waals surface area (Å²) in [6, 6.07) is 12.3. The second-order valence-electron chi connectivity index (χ2n) is 6.01. The van der Waals surface area contributed by atoms with Crippen LogP contribution in [0.15, 0.2) is 64.6 Å². The first-order chi connectivity index (χ1) is 14.0. The number of benzene rings is 1. The Morgan fingerprint density at radius 2 is 1.76 bits per heavy atom. The fourth-order valence-corrected chi connectivity index (χ4v) is 3.35. The minimum Gasteiger partial charge on any atom is -0.467 e. The van der Waals surface area contributed by atoms with Gasteiger partial charge in [0.1, 0.15) is 11.6 Å². The number of hydrogen-bond donors (Lipinski definition) is 3. The molecule has 0 saturated heterocycles. The monoisotopic (exact) mass is 415 g/mol. The van der Waals surface area contributed by atoms with E-state index in [0.717, 1.165) is 4.88 Å². The molecule has 0 unspecified atom stereocenters. The van der Waals surface area contributed by atoms with Gasteiger partial charge in [0.15, 0.2) is 0 Å². The lowest BCUT2D eigenvalue weighted by Gasteiger charge is -2.18. The van der Waals surface area contributed by atoms with Crippen molar-refractivity contribution in [2.75, 3.05) is 6.54 Å². The van der Waals surface area contributed by atoms with Crippen molar-refractivity contribution in [3.63, 3.8) is 0 Å². The number of thiophene rings is 1. The standard InChI is InChI=1S/C20H18FN3O4S/c21-14-7-5-13(6-8-14)18(16-4-2-10-29-16)24-17(25)12-23-20(27)19(26)22-11-15-3-1-9-28-15/h1-10,18H,11-12H2,(H,22,26)(H,23,27)(H,24,25)/t18-/m1/s1. The highest BCUT2D eigenvalue weighted by Gasteiger charge is 2.20. The molecule has 9 heteroatoms. The SMILES string of the molecule is O=C(CNC(=O)C(=O)NCc1ccco1)N[C@H](c1ccc(F)cc1)c1cccs1. The third-order valence-electron chi connectivity index (χ3n) is 3.96. The van der Waals surface area contributed by atoms with Gasteiger partial charge in [-0.15, -0.1) is 11.3 Å². The first kappa shape index (κ1) is 20.3. The molecule has 29 heavy (non-hydrogen) atoms. The van der Waals surface area contributed by atoms with Gasteiger partial charge in [0.05, 0.1) is 25.4 Å². The molecule has 3 rings (SSSR count). The zero-order valence-electron chi connectivity index (χ0n) is 15.2. The fraction of sp³-hybridized carbons (Fsp3) is 0.150. The van der Waals surface area contributed by atoms with Crippen LogP contribution >= 0.6 is 11.3 Å². The largest absolute Gasteiger partial charge is 0.467 e. The number of hydrogen-bond acceptors (Lipinski definition) is 5. The van der Waals surface area contributed by atoms with Crippen molar-refractivity contribution in [1.82, 2.24) is 16.0 Å². The van der Waals surface area contributed by atoms with Gasteiger partial charge < -0.3 is 20.4 Å². The highest BCUT2D eigenvalue weighted by molar-refractivity contribution is 7.10. The number of nitrogens with one attached hydrogen (secondary N) is 3. The van der Waals surface area contributed by atoms with Crippen molar-refractivity contribution < 1.29 is 23.2 Å². The molecular formula is C20H18FN3O4S. The molecule has 1 aromatic carbocycles. The molecule has 0 fully saturated rings. The smallest absolute Gasteiger partial charge is 0.309 e. The lowest BCUT2D eigenvalue weighted by atomic mass is 10.1. The molecule has 0 aliphatic heterocycles. The zero-order valence-corrected chi connectivity index (χ0v) is 16.0. The maximum absolute atomic E-state index is 13.2. The third kappa shape index (κ3) is 5.76. The number of furan rings is 1. The van der Waals surface area contributed by atoms with Gasteiger partial charge in [-0.1, -0.05) is 18.2 Å². The van der Waals surface area contributed by atoms with Crippen molar-refractivity contribution in [3.8, 4) is 0 Å². The van der Waals surface area contributed by atoms with Crippen LogP contribution < -0.4 is 16.0 Å². The van der Waals surface area contributed by atoms with E-state index in [4.69, 9.17) is 4.42 Å². The molecule has 2 aromatic heterocycles. The fourth-order valence-electron chi connectivity index (χ4n) is 2.54. The first-order valence-corrected chi connectivity index (χ1v) is 9.57. The Balaban J connectivity index is 1.54. The summed E-state index contributed by atoms with van der Waals surface area (Å²) >= 11 is 1.44. The molecule has 2 heterocycles. The van der Waals surface area contributed by atoms with E-state index in [1.165, 1.54) is 29.7 Å². The van der Waals surface area contributed by atoms with Crippen LogP contribution in [0.25, 0.3) is 0 Å². The van der Waals surface area contributed by atoms with E-state index >= 15 is 0 Å². The molecule has 150 valence electrons. The third-order valence-corrected chi connectivity index (χ3v) is 4.89. The van der Waals surface area contributed by atoms with Gasteiger partial charge in [0, 0.05) is 4.88 Å². The Morgan fingerprint density at radius 1 is 1.00 bits per heavy atom. The number of carbonyl (C=O) groups is 3. The normalized spacial score (nSPS) is 11.5. The van der Waals surface area contributed by atoms with Gasteiger partial charge in [-0.2, -0.15) is 0 Å². The van der Waals surface area contributed by atoms with Crippen molar-refractivity contribution in [3.05, 3.63) is 82.2 Å². The highest BCUT2D eigenvalue weighted by atomic mass is 32.1. The van der Waals surface area contributed by atoms with E-state index in [0.29, 0.717) is 11.3 Å². The first-order valence-electron chi connectivity index (χ1n) is 8.69. The molecule has 3 amide bonds. The zero-order chi connectivity index (χ0) is 20.6. The predicted molar refractivity (Wildman–Crippen MR) is 104 cm³/mol. The molecule has 0 aliphatic carbocycles. The summed E-state index contributed by atoms with van der Waals surface area (Å²) in [6.07, 6.45) is 1.46. The molecule has 0 saturated carbocycles. The Bertz CT molecular complexity index is 956. The Kier molecular flexibility index (Phi) is 6.75. The van der Waals surface area contributed by atoms with Crippen LogP contribution in [0.4, 0.5) is 4.39 Å². The molecule has 3 N–H and O–H groups in total. The van der Waals surface area contributed by atoms with Gasteiger partial charge >= 0.3 is 11.8 Å². The average molecular weight is 415 g/mol. The van der Waals surface area contributed by atoms with Crippen LogP contribution in [-0.4, -0.2) is 24.3 Å². The van der Waals surface area contributed by atoms with Gasteiger partial charge in [-0.3, -0.25) is 14.4 Å². The van der Waals surface area contributed by atoms with Crippen molar-refractivity contribution >= 4 is 29.1 Å². The van der Waals surface area contributed by atoms with Gasteiger partial charge in [-0.05, 0) is 41.3 Å².